The number of carbonyl (C=O) groups excluding carboxylic acids is 2. The fraction of sp³-hybridized carbons (Fsp3) is 0.579. The minimum absolute atomic E-state index is 0.0295. The summed E-state index contributed by atoms with van der Waals surface area (Å²) >= 11 is 0. The molecule has 1 saturated carbocycles. The van der Waals surface area contributed by atoms with Crippen molar-refractivity contribution in [3.63, 3.8) is 0 Å². The molecule has 1 aliphatic heterocycles. The molecule has 4 rings (SSSR count). The Morgan fingerprint density at radius 3 is 2.78 bits per heavy atom. The molecule has 1 N–H and O–H groups in total. The summed E-state index contributed by atoms with van der Waals surface area (Å²) in [5.74, 6) is 0.198. The molecule has 3 heterocycles. The second-order valence-electron chi connectivity index (χ2n) is 7.54. The molecule has 2 aromatic rings. The van der Waals surface area contributed by atoms with Gasteiger partial charge in [-0.2, -0.15) is 5.10 Å². The van der Waals surface area contributed by atoms with Crippen LogP contribution in [0.15, 0.2) is 24.8 Å². The highest BCUT2D eigenvalue weighted by atomic mass is 16.2. The van der Waals surface area contributed by atoms with E-state index >= 15 is 0 Å². The highest BCUT2D eigenvalue weighted by Gasteiger charge is 2.46. The summed E-state index contributed by atoms with van der Waals surface area (Å²) in [6.07, 6.45) is 7.29. The maximum Gasteiger partial charge on any atom is 0.225 e. The Kier molecular flexibility index (Phi) is 4.49. The van der Waals surface area contributed by atoms with Crippen LogP contribution in [0.3, 0.4) is 0 Å². The van der Waals surface area contributed by atoms with Crippen LogP contribution >= 0.6 is 0 Å². The first-order valence-electron chi connectivity index (χ1n) is 9.55. The van der Waals surface area contributed by atoms with Crippen LogP contribution < -0.4 is 5.32 Å². The number of nitrogens with one attached hydrogen (secondary N) is 1. The van der Waals surface area contributed by atoms with Gasteiger partial charge in [-0.3, -0.25) is 14.3 Å². The second kappa shape index (κ2) is 6.83. The topological polar surface area (TPSA) is 85.1 Å². The first kappa shape index (κ1) is 17.8. The van der Waals surface area contributed by atoms with Crippen LogP contribution in [0.5, 0.6) is 0 Å². The van der Waals surface area contributed by atoms with E-state index in [4.69, 9.17) is 0 Å². The van der Waals surface area contributed by atoms with Crippen molar-refractivity contribution in [2.75, 3.05) is 6.54 Å². The molecule has 2 fully saturated rings. The van der Waals surface area contributed by atoms with E-state index in [1.54, 1.807) is 17.2 Å². The number of amides is 2. The Morgan fingerprint density at radius 1 is 1.33 bits per heavy atom. The zero-order valence-corrected chi connectivity index (χ0v) is 16.0. The number of hydrogen-bond acceptors (Lipinski definition) is 4. The second-order valence-corrected chi connectivity index (χ2v) is 7.54. The Labute approximate surface area is 158 Å². The Bertz CT molecular complexity index is 856. The molecule has 0 spiro atoms. The third-order valence-corrected chi connectivity index (χ3v) is 5.90. The van der Waals surface area contributed by atoms with Gasteiger partial charge in [-0.05, 0) is 25.8 Å². The zero-order chi connectivity index (χ0) is 19.1. The van der Waals surface area contributed by atoms with Gasteiger partial charge in [0.2, 0.25) is 11.8 Å². The molecular weight excluding hydrogens is 344 g/mol. The summed E-state index contributed by atoms with van der Waals surface area (Å²) in [4.78, 5) is 31.6. The van der Waals surface area contributed by atoms with E-state index < -0.39 is 0 Å². The van der Waals surface area contributed by atoms with Crippen LogP contribution in [-0.2, 0) is 23.7 Å². The van der Waals surface area contributed by atoms with E-state index in [2.05, 4.69) is 15.4 Å². The van der Waals surface area contributed by atoms with Crippen molar-refractivity contribution >= 4 is 11.8 Å². The van der Waals surface area contributed by atoms with Gasteiger partial charge in [0.25, 0.3) is 0 Å². The Hall–Kier alpha value is -2.64. The van der Waals surface area contributed by atoms with Gasteiger partial charge >= 0.3 is 0 Å². The van der Waals surface area contributed by atoms with E-state index in [9.17, 15) is 9.59 Å². The summed E-state index contributed by atoms with van der Waals surface area (Å²) < 4.78 is 3.77. The molecule has 0 bridgehead atoms. The number of carbonyl (C=O) groups is 2. The van der Waals surface area contributed by atoms with Crippen LogP contribution in [0.2, 0.25) is 0 Å². The maximum atomic E-state index is 13.1. The van der Waals surface area contributed by atoms with Gasteiger partial charge in [0.05, 0.1) is 24.0 Å². The number of aryl methyl sites for hydroxylation is 2. The molecule has 2 aromatic heterocycles. The summed E-state index contributed by atoms with van der Waals surface area (Å²) in [7, 11) is 3.83. The standard InChI is InChI=1S/C19H26N6O2/c1-4-25-17(26)6-5-12(18(25)15-7-8-21-24(15)3)19(27)22-14-9-13(14)16-10-20-11-23(16)2/h7-8,10-14,18H,4-6,9H2,1-3H3,(H,22,27)/t12-,13+,14+,18-/m0/s1. The monoisotopic (exact) mass is 370 g/mol. The van der Waals surface area contributed by atoms with Crippen molar-refractivity contribution in [1.82, 2.24) is 29.5 Å². The van der Waals surface area contributed by atoms with Gasteiger partial charge in [-0.25, -0.2) is 4.98 Å². The number of hydrogen-bond donors (Lipinski definition) is 1. The maximum absolute atomic E-state index is 13.1. The molecule has 4 atom stereocenters. The van der Waals surface area contributed by atoms with Crippen LogP contribution in [0, 0.1) is 5.92 Å². The summed E-state index contributed by atoms with van der Waals surface area (Å²) in [5, 5.41) is 7.46. The molecule has 0 unspecified atom stereocenters. The molecule has 1 saturated heterocycles. The van der Waals surface area contributed by atoms with Crippen molar-refractivity contribution in [3.05, 3.63) is 36.2 Å². The SMILES string of the molecule is CCN1C(=O)CC[C@H](C(=O)N[C@@H]2C[C@H]2c2cncn2C)[C@H]1c1ccnn1C. The van der Waals surface area contributed by atoms with Crippen molar-refractivity contribution in [3.8, 4) is 0 Å². The molecule has 27 heavy (non-hydrogen) atoms. The molecule has 0 aromatic carbocycles. The molecule has 144 valence electrons. The lowest BCUT2D eigenvalue weighted by Gasteiger charge is -2.40. The Balaban J connectivity index is 1.52. The lowest BCUT2D eigenvalue weighted by atomic mass is 9.85. The molecule has 8 heteroatoms. The molecule has 1 aliphatic carbocycles. The fourth-order valence-electron chi connectivity index (χ4n) is 4.34. The van der Waals surface area contributed by atoms with Gasteiger partial charge in [0, 0.05) is 57.1 Å². The fourth-order valence-corrected chi connectivity index (χ4v) is 4.34. The van der Waals surface area contributed by atoms with E-state index in [1.165, 1.54) is 0 Å². The van der Waals surface area contributed by atoms with E-state index in [-0.39, 0.29) is 29.8 Å². The van der Waals surface area contributed by atoms with Crippen LogP contribution in [0.4, 0.5) is 0 Å². The van der Waals surface area contributed by atoms with Gasteiger partial charge in [0.15, 0.2) is 0 Å². The normalized spacial score (nSPS) is 27.7. The minimum Gasteiger partial charge on any atom is -0.352 e. The third kappa shape index (κ3) is 3.13. The van der Waals surface area contributed by atoms with Crippen molar-refractivity contribution in [2.45, 2.75) is 44.2 Å². The number of nitrogens with zero attached hydrogens (tertiary/aromatic N) is 5. The lowest BCUT2D eigenvalue weighted by Crippen LogP contribution is -2.49. The predicted molar refractivity (Wildman–Crippen MR) is 98.6 cm³/mol. The summed E-state index contributed by atoms with van der Waals surface area (Å²) in [5.41, 5.74) is 2.06. The molecule has 2 amide bonds. The number of rotatable bonds is 5. The smallest absolute Gasteiger partial charge is 0.225 e. The van der Waals surface area contributed by atoms with Gasteiger partial charge in [0.1, 0.15) is 0 Å². The van der Waals surface area contributed by atoms with Gasteiger partial charge in [-0.15, -0.1) is 0 Å². The molecule has 0 radical (unpaired) electrons. The van der Waals surface area contributed by atoms with Gasteiger partial charge in [-0.1, -0.05) is 0 Å². The van der Waals surface area contributed by atoms with E-state index in [0.717, 1.165) is 17.8 Å². The number of imidazole rings is 1. The number of likely N-dealkylation sites (tertiary alicyclic amines) is 1. The highest BCUT2D eigenvalue weighted by Crippen LogP contribution is 2.42. The number of piperidine rings is 1. The first-order valence-corrected chi connectivity index (χ1v) is 9.55. The van der Waals surface area contributed by atoms with Crippen LogP contribution in [0.25, 0.3) is 0 Å². The van der Waals surface area contributed by atoms with Crippen LogP contribution in [-0.4, -0.2) is 48.6 Å². The van der Waals surface area contributed by atoms with Gasteiger partial charge < -0.3 is 14.8 Å². The molecular formula is C19H26N6O2. The van der Waals surface area contributed by atoms with Crippen molar-refractivity contribution < 1.29 is 9.59 Å². The third-order valence-electron chi connectivity index (χ3n) is 5.90. The Morgan fingerprint density at radius 2 is 2.15 bits per heavy atom. The van der Waals surface area contributed by atoms with E-state index in [1.807, 2.05) is 42.7 Å². The predicted octanol–water partition coefficient (Wildman–Crippen LogP) is 1.13. The number of aromatic nitrogens is 4. The largest absolute Gasteiger partial charge is 0.352 e. The highest BCUT2D eigenvalue weighted by molar-refractivity contribution is 5.85. The van der Waals surface area contributed by atoms with E-state index in [0.29, 0.717) is 25.3 Å². The van der Waals surface area contributed by atoms with Crippen molar-refractivity contribution in [1.29, 1.82) is 0 Å². The summed E-state index contributed by atoms with van der Waals surface area (Å²) in [6.45, 7) is 2.54. The minimum atomic E-state index is -0.266. The molecule has 8 nitrogen and oxygen atoms in total. The van der Waals surface area contributed by atoms with Crippen molar-refractivity contribution in [2.24, 2.45) is 20.0 Å². The lowest BCUT2D eigenvalue weighted by molar-refractivity contribution is -0.143. The first-order chi connectivity index (χ1) is 13.0. The zero-order valence-electron chi connectivity index (χ0n) is 16.0. The average molecular weight is 370 g/mol. The van der Waals surface area contributed by atoms with Crippen LogP contribution in [0.1, 0.15) is 49.5 Å². The quantitative estimate of drug-likeness (QED) is 0.855. The molecule has 2 aliphatic rings. The summed E-state index contributed by atoms with van der Waals surface area (Å²) in [6, 6.07) is 1.78. The average Bonchev–Trinajstić information content (AvgIpc) is 3.04.